The number of carbonyl (C=O) groups excluding carboxylic acids is 2. The first-order chi connectivity index (χ1) is 10.0. The van der Waals surface area contributed by atoms with Crippen molar-refractivity contribution in [1.82, 2.24) is 5.32 Å². The lowest BCUT2D eigenvalue weighted by atomic mass is 9.97. The maximum atomic E-state index is 13.0. The van der Waals surface area contributed by atoms with E-state index >= 15 is 0 Å². The van der Waals surface area contributed by atoms with Crippen LogP contribution < -0.4 is 11.1 Å². The fourth-order valence-electron chi connectivity index (χ4n) is 2.75. The molecule has 1 atom stereocenters. The number of amides is 1. The van der Waals surface area contributed by atoms with Crippen LogP contribution >= 0.6 is 0 Å². The molecule has 1 saturated carbocycles. The van der Waals surface area contributed by atoms with Gasteiger partial charge in [-0.25, -0.2) is 9.18 Å². The Morgan fingerprint density at radius 1 is 1.38 bits per heavy atom. The molecule has 5 nitrogen and oxygen atoms in total. The van der Waals surface area contributed by atoms with E-state index < -0.39 is 23.7 Å². The molecule has 1 aliphatic rings. The summed E-state index contributed by atoms with van der Waals surface area (Å²) in [6, 6.07) is 2.86. The lowest BCUT2D eigenvalue weighted by Crippen LogP contribution is -2.46. The molecule has 1 fully saturated rings. The van der Waals surface area contributed by atoms with Gasteiger partial charge >= 0.3 is 5.97 Å². The van der Waals surface area contributed by atoms with Crippen molar-refractivity contribution in [1.29, 1.82) is 0 Å². The fraction of sp³-hybridized carbons (Fsp3) is 0.467. The topological polar surface area (TPSA) is 81.4 Å². The first-order valence-corrected chi connectivity index (χ1v) is 6.96. The van der Waals surface area contributed by atoms with E-state index in [2.05, 4.69) is 5.32 Å². The first-order valence-electron chi connectivity index (χ1n) is 6.96. The van der Waals surface area contributed by atoms with Crippen LogP contribution in [0.5, 0.6) is 0 Å². The van der Waals surface area contributed by atoms with Crippen LogP contribution in [0.15, 0.2) is 18.2 Å². The van der Waals surface area contributed by atoms with Crippen molar-refractivity contribution < 1.29 is 18.7 Å². The van der Waals surface area contributed by atoms with Gasteiger partial charge in [-0.05, 0) is 37.0 Å². The Kier molecular flexibility index (Phi) is 4.77. The monoisotopic (exact) mass is 294 g/mol. The van der Waals surface area contributed by atoms with Crippen LogP contribution in [0, 0.1) is 11.7 Å². The number of ether oxygens (including phenoxy) is 1. The molecule has 1 aromatic carbocycles. The smallest absolute Gasteiger partial charge is 0.328 e. The molecule has 0 heterocycles. The van der Waals surface area contributed by atoms with Gasteiger partial charge in [-0.1, -0.05) is 12.8 Å². The van der Waals surface area contributed by atoms with E-state index in [0.717, 1.165) is 37.8 Å². The van der Waals surface area contributed by atoms with Crippen LogP contribution in [0.2, 0.25) is 0 Å². The standard InChI is InChI=1S/C15H19FN2O3/c1-21-15(20)13(9-4-2-3-5-9)18-14(19)11-7-6-10(16)8-12(11)17/h6-9,13H,2-5,17H2,1H3,(H,18,19)/t13-/m0/s1. The Balaban J connectivity index is 2.15. The molecule has 0 spiro atoms. The van der Waals surface area contributed by atoms with Gasteiger partial charge in [0.1, 0.15) is 11.9 Å². The Morgan fingerprint density at radius 2 is 2.05 bits per heavy atom. The molecule has 1 aliphatic carbocycles. The van der Waals surface area contributed by atoms with Crippen molar-refractivity contribution in [3.63, 3.8) is 0 Å². The van der Waals surface area contributed by atoms with E-state index in [1.165, 1.54) is 13.2 Å². The van der Waals surface area contributed by atoms with Crippen molar-refractivity contribution in [3.8, 4) is 0 Å². The molecule has 114 valence electrons. The third-order valence-electron chi connectivity index (χ3n) is 3.87. The summed E-state index contributed by atoms with van der Waals surface area (Å²) >= 11 is 0. The van der Waals surface area contributed by atoms with Crippen LogP contribution in [0.4, 0.5) is 10.1 Å². The SMILES string of the molecule is COC(=O)[C@@H](NC(=O)c1ccc(F)cc1N)C1CCCC1. The molecule has 0 aromatic heterocycles. The summed E-state index contributed by atoms with van der Waals surface area (Å²) in [4.78, 5) is 24.1. The van der Waals surface area contributed by atoms with Gasteiger partial charge < -0.3 is 15.8 Å². The van der Waals surface area contributed by atoms with Gasteiger partial charge in [0.15, 0.2) is 0 Å². The number of nitrogens with two attached hydrogens (primary N) is 1. The molecule has 3 N–H and O–H groups in total. The molecule has 2 rings (SSSR count). The predicted molar refractivity (Wildman–Crippen MR) is 76.0 cm³/mol. The molecule has 1 amide bonds. The highest BCUT2D eigenvalue weighted by atomic mass is 19.1. The maximum Gasteiger partial charge on any atom is 0.328 e. The van der Waals surface area contributed by atoms with Crippen molar-refractivity contribution >= 4 is 17.6 Å². The largest absolute Gasteiger partial charge is 0.467 e. The number of halogens is 1. The minimum Gasteiger partial charge on any atom is -0.467 e. The zero-order chi connectivity index (χ0) is 15.4. The Bertz CT molecular complexity index is 542. The molecular weight excluding hydrogens is 275 g/mol. The van der Waals surface area contributed by atoms with E-state index in [1.54, 1.807) is 0 Å². The van der Waals surface area contributed by atoms with Gasteiger partial charge in [-0.3, -0.25) is 4.79 Å². The van der Waals surface area contributed by atoms with E-state index in [1.807, 2.05) is 0 Å². The van der Waals surface area contributed by atoms with Gasteiger partial charge in [-0.2, -0.15) is 0 Å². The molecule has 0 bridgehead atoms. The number of nitrogens with one attached hydrogen (secondary N) is 1. The average Bonchev–Trinajstić information content (AvgIpc) is 2.97. The van der Waals surface area contributed by atoms with Crippen molar-refractivity contribution in [2.45, 2.75) is 31.7 Å². The Morgan fingerprint density at radius 3 is 2.62 bits per heavy atom. The van der Waals surface area contributed by atoms with E-state index in [0.29, 0.717) is 0 Å². The molecular formula is C15H19FN2O3. The van der Waals surface area contributed by atoms with E-state index in [4.69, 9.17) is 10.5 Å². The number of nitrogen functional groups attached to an aromatic ring is 1. The van der Waals surface area contributed by atoms with Gasteiger partial charge in [0.2, 0.25) is 0 Å². The third-order valence-corrected chi connectivity index (χ3v) is 3.87. The van der Waals surface area contributed by atoms with Gasteiger partial charge in [-0.15, -0.1) is 0 Å². The van der Waals surface area contributed by atoms with Crippen LogP contribution in [-0.4, -0.2) is 25.0 Å². The summed E-state index contributed by atoms with van der Waals surface area (Å²) in [5.41, 5.74) is 5.84. The normalized spacial score (nSPS) is 16.5. The number of methoxy groups -OCH3 is 1. The quantitative estimate of drug-likeness (QED) is 0.656. The summed E-state index contributed by atoms with van der Waals surface area (Å²) in [5, 5.41) is 2.67. The number of hydrogen-bond acceptors (Lipinski definition) is 4. The zero-order valence-electron chi connectivity index (χ0n) is 11.9. The summed E-state index contributed by atoms with van der Waals surface area (Å²) < 4.78 is 17.8. The molecule has 21 heavy (non-hydrogen) atoms. The second-order valence-corrected chi connectivity index (χ2v) is 5.25. The number of carbonyl (C=O) groups is 2. The molecule has 0 radical (unpaired) electrons. The Hall–Kier alpha value is -2.11. The van der Waals surface area contributed by atoms with Crippen molar-refractivity contribution in [2.24, 2.45) is 5.92 Å². The molecule has 0 saturated heterocycles. The van der Waals surface area contributed by atoms with Crippen LogP contribution in [0.3, 0.4) is 0 Å². The van der Waals surface area contributed by atoms with Crippen molar-refractivity contribution in [2.75, 3.05) is 12.8 Å². The molecule has 0 aliphatic heterocycles. The van der Waals surface area contributed by atoms with Gasteiger partial charge in [0, 0.05) is 5.69 Å². The minimum atomic E-state index is -0.686. The van der Waals surface area contributed by atoms with E-state index in [9.17, 15) is 14.0 Å². The number of anilines is 1. The highest BCUT2D eigenvalue weighted by molar-refractivity contribution is 6.01. The summed E-state index contributed by atoms with van der Waals surface area (Å²) in [5.74, 6) is -1.39. The summed E-state index contributed by atoms with van der Waals surface area (Å²) in [7, 11) is 1.29. The third kappa shape index (κ3) is 3.51. The summed E-state index contributed by atoms with van der Waals surface area (Å²) in [6.45, 7) is 0. The van der Waals surface area contributed by atoms with Gasteiger partial charge in [0.05, 0.1) is 12.7 Å². The number of esters is 1. The Labute approximate surface area is 122 Å². The predicted octanol–water partition coefficient (Wildman–Crippen LogP) is 1.87. The molecule has 0 unspecified atom stereocenters. The number of hydrogen-bond donors (Lipinski definition) is 2. The zero-order valence-corrected chi connectivity index (χ0v) is 11.9. The fourth-order valence-corrected chi connectivity index (χ4v) is 2.75. The van der Waals surface area contributed by atoms with E-state index in [-0.39, 0.29) is 17.2 Å². The van der Waals surface area contributed by atoms with Crippen LogP contribution in [0.25, 0.3) is 0 Å². The maximum absolute atomic E-state index is 13.0. The number of rotatable bonds is 4. The highest BCUT2D eigenvalue weighted by Gasteiger charge is 2.33. The van der Waals surface area contributed by atoms with Gasteiger partial charge in [0.25, 0.3) is 5.91 Å². The first kappa shape index (κ1) is 15.3. The highest BCUT2D eigenvalue weighted by Crippen LogP contribution is 2.28. The lowest BCUT2D eigenvalue weighted by Gasteiger charge is -2.22. The lowest BCUT2D eigenvalue weighted by molar-refractivity contribution is -0.144. The molecule has 1 aromatic rings. The number of benzene rings is 1. The van der Waals surface area contributed by atoms with Crippen LogP contribution in [0.1, 0.15) is 36.0 Å². The average molecular weight is 294 g/mol. The van der Waals surface area contributed by atoms with Crippen LogP contribution in [-0.2, 0) is 9.53 Å². The minimum absolute atomic E-state index is 0.0440. The van der Waals surface area contributed by atoms with Crippen molar-refractivity contribution in [3.05, 3.63) is 29.6 Å². The second kappa shape index (κ2) is 6.56. The summed E-state index contributed by atoms with van der Waals surface area (Å²) in [6.07, 6.45) is 3.82. The molecule has 6 heteroatoms. The second-order valence-electron chi connectivity index (χ2n) is 5.25.